The van der Waals surface area contributed by atoms with Gasteiger partial charge in [-0.05, 0) is 30.8 Å². The van der Waals surface area contributed by atoms with Crippen LogP contribution in [0, 0.1) is 17.8 Å². The molecule has 1 aliphatic heterocycles. The Hall–Kier alpha value is -1.16. The highest BCUT2D eigenvalue weighted by molar-refractivity contribution is 6.00. The van der Waals surface area contributed by atoms with E-state index in [0.29, 0.717) is 24.2 Å². The van der Waals surface area contributed by atoms with Crippen molar-refractivity contribution in [2.45, 2.75) is 52.5 Å². The lowest BCUT2D eigenvalue weighted by atomic mass is 9.97. The molecule has 124 valence electrons. The third-order valence-corrected chi connectivity index (χ3v) is 4.87. The SMILES string of the molecule is CCCCC1=C[C@@H]2CN([C@@H](CC(C)C)C(=O)OC)C[C@@H]2C1=O. The monoisotopic (exact) mass is 307 g/mol. The number of likely N-dealkylation sites (tertiary alicyclic amines) is 1. The van der Waals surface area contributed by atoms with Crippen molar-refractivity contribution in [2.24, 2.45) is 17.8 Å². The number of nitrogens with zero attached hydrogens (tertiary/aromatic N) is 1. The summed E-state index contributed by atoms with van der Waals surface area (Å²) in [5, 5.41) is 0. The summed E-state index contributed by atoms with van der Waals surface area (Å²) >= 11 is 0. The maximum Gasteiger partial charge on any atom is 0.323 e. The van der Waals surface area contributed by atoms with Crippen LogP contribution in [-0.4, -0.2) is 42.9 Å². The van der Waals surface area contributed by atoms with Gasteiger partial charge in [-0.25, -0.2) is 0 Å². The number of allylic oxidation sites excluding steroid dienone is 1. The number of ketones is 1. The fourth-order valence-electron chi connectivity index (χ4n) is 3.69. The Bertz CT molecular complexity index is 455. The maximum absolute atomic E-state index is 12.5. The fourth-order valence-corrected chi connectivity index (χ4v) is 3.69. The van der Waals surface area contributed by atoms with Gasteiger partial charge >= 0.3 is 5.97 Å². The van der Waals surface area contributed by atoms with Crippen LogP contribution < -0.4 is 0 Å². The van der Waals surface area contributed by atoms with E-state index in [-0.39, 0.29) is 17.9 Å². The van der Waals surface area contributed by atoms with E-state index in [2.05, 4.69) is 31.7 Å². The van der Waals surface area contributed by atoms with Crippen LogP contribution in [0.5, 0.6) is 0 Å². The van der Waals surface area contributed by atoms with Crippen molar-refractivity contribution in [3.63, 3.8) is 0 Å². The van der Waals surface area contributed by atoms with Gasteiger partial charge in [0.2, 0.25) is 0 Å². The lowest BCUT2D eigenvalue weighted by Crippen LogP contribution is -2.42. The molecule has 0 aromatic carbocycles. The van der Waals surface area contributed by atoms with Crippen molar-refractivity contribution in [3.05, 3.63) is 11.6 Å². The molecule has 0 saturated carbocycles. The number of carbonyl (C=O) groups excluding carboxylic acids is 2. The number of methoxy groups -OCH3 is 1. The van der Waals surface area contributed by atoms with Crippen LogP contribution in [-0.2, 0) is 14.3 Å². The van der Waals surface area contributed by atoms with Crippen molar-refractivity contribution in [1.29, 1.82) is 0 Å². The predicted molar refractivity (Wildman–Crippen MR) is 86.4 cm³/mol. The fraction of sp³-hybridized carbons (Fsp3) is 0.778. The van der Waals surface area contributed by atoms with E-state index >= 15 is 0 Å². The highest BCUT2D eigenvalue weighted by atomic mass is 16.5. The van der Waals surface area contributed by atoms with Crippen molar-refractivity contribution < 1.29 is 14.3 Å². The molecule has 4 nitrogen and oxygen atoms in total. The smallest absolute Gasteiger partial charge is 0.323 e. The average Bonchev–Trinajstić information content (AvgIpc) is 3.01. The number of esters is 1. The van der Waals surface area contributed by atoms with Gasteiger partial charge in [-0.15, -0.1) is 0 Å². The molecule has 0 aromatic rings. The summed E-state index contributed by atoms with van der Waals surface area (Å²) in [4.78, 5) is 26.7. The summed E-state index contributed by atoms with van der Waals surface area (Å²) in [6.45, 7) is 7.87. The first kappa shape index (κ1) is 17.2. The number of ether oxygens (including phenoxy) is 1. The molecule has 1 heterocycles. The minimum absolute atomic E-state index is 0.0613. The molecule has 22 heavy (non-hydrogen) atoms. The number of hydrogen-bond donors (Lipinski definition) is 0. The lowest BCUT2D eigenvalue weighted by Gasteiger charge is -2.27. The summed E-state index contributed by atoms with van der Waals surface area (Å²) in [5.74, 6) is 0.922. The lowest BCUT2D eigenvalue weighted by molar-refractivity contribution is -0.147. The van der Waals surface area contributed by atoms with Crippen LogP contribution in [0.3, 0.4) is 0 Å². The zero-order valence-corrected chi connectivity index (χ0v) is 14.3. The normalized spacial score (nSPS) is 26.2. The Kier molecular flexibility index (Phi) is 5.79. The van der Waals surface area contributed by atoms with Crippen LogP contribution in [0.2, 0.25) is 0 Å². The van der Waals surface area contributed by atoms with Crippen molar-refractivity contribution >= 4 is 11.8 Å². The van der Waals surface area contributed by atoms with E-state index in [1.165, 1.54) is 7.11 Å². The summed E-state index contributed by atoms with van der Waals surface area (Å²) in [5.41, 5.74) is 1.02. The predicted octanol–water partition coefficient (Wildman–Crippen LogP) is 2.82. The van der Waals surface area contributed by atoms with Crippen LogP contribution in [0.15, 0.2) is 11.6 Å². The molecule has 0 radical (unpaired) electrons. The minimum atomic E-state index is -0.212. The standard InChI is InChI=1S/C18H29NO3/c1-5-6-7-13-9-14-10-19(11-15(14)17(13)20)16(8-12(2)3)18(21)22-4/h9,12,14-16H,5-8,10-11H2,1-4H3/t14-,15+,16+/m1/s1. The zero-order chi connectivity index (χ0) is 16.3. The summed E-state index contributed by atoms with van der Waals surface area (Å²) < 4.78 is 4.97. The van der Waals surface area contributed by atoms with Gasteiger partial charge in [0.15, 0.2) is 5.78 Å². The summed E-state index contributed by atoms with van der Waals surface area (Å²) in [7, 11) is 1.44. The zero-order valence-electron chi connectivity index (χ0n) is 14.3. The number of carbonyl (C=O) groups is 2. The first-order valence-electron chi connectivity index (χ1n) is 8.54. The maximum atomic E-state index is 12.5. The Morgan fingerprint density at radius 2 is 2.14 bits per heavy atom. The number of unbranched alkanes of at least 4 members (excludes halogenated alkanes) is 1. The molecule has 4 heteroatoms. The molecular weight excluding hydrogens is 278 g/mol. The largest absolute Gasteiger partial charge is 0.468 e. The molecular formula is C18H29NO3. The molecule has 2 aliphatic rings. The second-order valence-electron chi connectivity index (χ2n) is 7.05. The van der Waals surface area contributed by atoms with Gasteiger partial charge in [0.05, 0.1) is 7.11 Å². The van der Waals surface area contributed by atoms with Crippen LogP contribution in [0.25, 0.3) is 0 Å². The molecule has 0 N–H and O–H groups in total. The van der Waals surface area contributed by atoms with Crippen LogP contribution in [0.4, 0.5) is 0 Å². The van der Waals surface area contributed by atoms with Gasteiger partial charge in [0.1, 0.15) is 6.04 Å². The highest BCUT2D eigenvalue weighted by Gasteiger charge is 2.45. The van der Waals surface area contributed by atoms with Crippen LogP contribution >= 0.6 is 0 Å². The molecule has 3 atom stereocenters. The molecule has 0 bridgehead atoms. The topological polar surface area (TPSA) is 46.6 Å². The summed E-state index contributed by atoms with van der Waals surface area (Å²) in [6, 6.07) is -0.212. The number of Topliss-reactive ketones (excluding diaryl/α,β-unsaturated/α-hetero) is 1. The van der Waals surface area contributed by atoms with Crippen molar-refractivity contribution in [3.8, 4) is 0 Å². The van der Waals surface area contributed by atoms with E-state index in [9.17, 15) is 9.59 Å². The van der Waals surface area contributed by atoms with E-state index in [1.807, 2.05) is 0 Å². The van der Waals surface area contributed by atoms with Crippen molar-refractivity contribution in [1.82, 2.24) is 4.90 Å². The molecule has 0 aromatic heterocycles. The van der Waals surface area contributed by atoms with Crippen LogP contribution in [0.1, 0.15) is 46.5 Å². The number of rotatable bonds is 7. The second kappa shape index (κ2) is 7.40. The average molecular weight is 307 g/mol. The summed E-state index contributed by atoms with van der Waals surface area (Å²) in [6.07, 6.45) is 6.07. The molecule has 0 amide bonds. The Balaban J connectivity index is 2.04. The Morgan fingerprint density at radius 1 is 1.41 bits per heavy atom. The second-order valence-corrected chi connectivity index (χ2v) is 7.05. The van der Waals surface area contributed by atoms with Gasteiger partial charge in [-0.3, -0.25) is 14.5 Å². The van der Waals surface area contributed by atoms with Gasteiger partial charge in [-0.1, -0.05) is 33.3 Å². The number of fused-ring (bicyclic) bond motifs is 1. The van der Waals surface area contributed by atoms with Crippen molar-refractivity contribution in [2.75, 3.05) is 20.2 Å². The molecule has 2 rings (SSSR count). The van der Waals surface area contributed by atoms with Gasteiger partial charge < -0.3 is 4.74 Å². The first-order chi connectivity index (χ1) is 10.5. The molecule has 1 fully saturated rings. The molecule has 1 saturated heterocycles. The van der Waals surface area contributed by atoms with E-state index in [0.717, 1.165) is 37.8 Å². The quantitative estimate of drug-likeness (QED) is 0.679. The minimum Gasteiger partial charge on any atom is -0.468 e. The van der Waals surface area contributed by atoms with Gasteiger partial charge in [-0.2, -0.15) is 0 Å². The molecule has 0 spiro atoms. The third-order valence-electron chi connectivity index (χ3n) is 4.87. The molecule has 0 unspecified atom stereocenters. The van der Waals surface area contributed by atoms with Gasteiger partial charge in [0.25, 0.3) is 0 Å². The first-order valence-corrected chi connectivity index (χ1v) is 8.54. The highest BCUT2D eigenvalue weighted by Crippen LogP contribution is 2.37. The Morgan fingerprint density at radius 3 is 2.68 bits per heavy atom. The van der Waals surface area contributed by atoms with Gasteiger partial charge in [0, 0.05) is 24.9 Å². The van der Waals surface area contributed by atoms with E-state index in [4.69, 9.17) is 4.74 Å². The number of hydrogen-bond acceptors (Lipinski definition) is 4. The third kappa shape index (κ3) is 3.60. The van der Waals surface area contributed by atoms with E-state index < -0.39 is 0 Å². The van der Waals surface area contributed by atoms with E-state index in [1.54, 1.807) is 0 Å². The molecule has 1 aliphatic carbocycles. The Labute approximate surface area is 133 Å².